The fourth-order valence-electron chi connectivity index (χ4n) is 3.40. The predicted octanol–water partition coefficient (Wildman–Crippen LogP) is 4.47. The van der Waals surface area contributed by atoms with Crippen LogP contribution in [0, 0.1) is 5.92 Å². The monoisotopic (exact) mass is 370 g/mol. The summed E-state index contributed by atoms with van der Waals surface area (Å²) < 4.78 is 11.0. The van der Waals surface area contributed by atoms with Crippen LogP contribution in [0.1, 0.15) is 37.3 Å². The summed E-state index contributed by atoms with van der Waals surface area (Å²) in [6.45, 7) is 4.45. The third kappa shape index (κ3) is 3.73. The first-order valence-corrected chi connectivity index (χ1v) is 9.75. The number of esters is 1. The van der Waals surface area contributed by atoms with Crippen LogP contribution >= 0.6 is 11.3 Å². The normalized spacial score (nSPS) is 19.8. The number of benzene rings is 1. The molecule has 1 aromatic heterocycles. The Morgan fingerprint density at radius 3 is 2.69 bits per heavy atom. The van der Waals surface area contributed by atoms with Crippen molar-refractivity contribution < 1.29 is 19.1 Å². The Kier molecular flexibility index (Phi) is 5.89. The number of carbonyl (C=O) groups is 2. The summed E-state index contributed by atoms with van der Waals surface area (Å²) in [5, 5.41) is 4.01. The van der Waals surface area contributed by atoms with Crippen molar-refractivity contribution >= 4 is 28.7 Å². The topological polar surface area (TPSA) is 52.6 Å². The van der Waals surface area contributed by atoms with E-state index in [9.17, 15) is 9.59 Å². The van der Waals surface area contributed by atoms with Crippen LogP contribution in [0.5, 0.6) is 5.75 Å². The molecule has 4 nitrogen and oxygen atoms in total. The van der Waals surface area contributed by atoms with E-state index in [1.165, 1.54) is 0 Å². The molecule has 0 bridgehead atoms. The maximum atomic E-state index is 12.9. The first-order chi connectivity index (χ1) is 12.7. The lowest BCUT2D eigenvalue weighted by Crippen LogP contribution is -2.34. The molecule has 2 aromatic rings. The van der Waals surface area contributed by atoms with E-state index in [-0.39, 0.29) is 18.3 Å². The largest absolute Gasteiger partial charge is 0.494 e. The summed E-state index contributed by atoms with van der Waals surface area (Å²) >= 11 is 1.59. The van der Waals surface area contributed by atoms with Crippen molar-refractivity contribution in [1.29, 1.82) is 0 Å². The van der Waals surface area contributed by atoms with Crippen molar-refractivity contribution in [3.63, 3.8) is 0 Å². The molecule has 136 valence electrons. The van der Waals surface area contributed by atoms with Crippen molar-refractivity contribution in [3.05, 3.63) is 58.3 Å². The average molecular weight is 370 g/mol. The van der Waals surface area contributed by atoms with Gasteiger partial charge in [-0.1, -0.05) is 18.2 Å². The van der Waals surface area contributed by atoms with Crippen LogP contribution in [0.15, 0.2) is 47.2 Å². The Labute approximate surface area is 157 Å². The number of rotatable bonds is 6. The Morgan fingerprint density at radius 1 is 1.19 bits per heavy atom. The Hall–Kier alpha value is -2.40. The highest BCUT2D eigenvalue weighted by Crippen LogP contribution is 2.43. The minimum atomic E-state index is -0.834. The van der Waals surface area contributed by atoms with Crippen molar-refractivity contribution in [1.82, 2.24) is 0 Å². The minimum absolute atomic E-state index is 0.202. The smallest absolute Gasteiger partial charge is 0.317 e. The zero-order chi connectivity index (χ0) is 18.5. The van der Waals surface area contributed by atoms with E-state index in [0.29, 0.717) is 18.8 Å². The maximum absolute atomic E-state index is 12.9. The number of ketones is 1. The summed E-state index contributed by atoms with van der Waals surface area (Å²) in [5.74, 6) is -1.08. The van der Waals surface area contributed by atoms with E-state index < -0.39 is 11.9 Å². The molecular weight excluding hydrogens is 348 g/mol. The molecule has 1 aliphatic rings. The summed E-state index contributed by atoms with van der Waals surface area (Å²) in [4.78, 5) is 25.4. The van der Waals surface area contributed by atoms with Crippen molar-refractivity contribution in [3.8, 4) is 5.75 Å². The number of para-hydroxylation sites is 1. The number of thiophene rings is 1. The highest BCUT2D eigenvalue weighted by atomic mass is 32.1. The Morgan fingerprint density at radius 2 is 2.00 bits per heavy atom. The van der Waals surface area contributed by atoms with Gasteiger partial charge >= 0.3 is 5.97 Å². The second-order valence-electron chi connectivity index (χ2n) is 6.10. The van der Waals surface area contributed by atoms with Gasteiger partial charge < -0.3 is 9.47 Å². The summed E-state index contributed by atoms with van der Waals surface area (Å²) in [6, 6.07) is 9.63. The molecule has 5 heteroatoms. The van der Waals surface area contributed by atoms with Crippen molar-refractivity contribution in [2.24, 2.45) is 5.92 Å². The lowest BCUT2D eigenvalue weighted by atomic mass is 9.73. The molecule has 26 heavy (non-hydrogen) atoms. The first-order valence-electron chi connectivity index (χ1n) is 8.81. The van der Waals surface area contributed by atoms with E-state index in [1.54, 1.807) is 24.3 Å². The third-order valence-corrected chi connectivity index (χ3v) is 5.20. The SMILES string of the molecule is CCOC(=O)C1C(=O)C=C(c2ccsc2)CC1c1ccccc1OCC. The van der Waals surface area contributed by atoms with Crippen LogP contribution in [-0.2, 0) is 14.3 Å². The second-order valence-corrected chi connectivity index (χ2v) is 6.88. The highest BCUT2D eigenvalue weighted by Gasteiger charge is 2.40. The molecule has 0 N–H and O–H groups in total. The lowest BCUT2D eigenvalue weighted by Gasteiger charge is -2.30. The number of hydrogen-bond acceptors (Lipinski definition) is 5. The number of ether oxygens (including phenoxy) is 2. The fourth-order valence-corrected chi connectivity index (χ4v) is 4.08. The van der Waals surface area contributed by atoms with Gasteiger partial charge in [-0.3, -0.25) is 9.59 Å². The molecular formula is C21H22O4S. The molecule has 0 saturated heterocycles. The zero-order valence-electron chi connectivity index (χ0n) is 14.9. The van der Waals surface area contributed by atoms with Gasteiger partial charge in [0, 0.05) is 5.92 Å². The molecule has 1 aromatic carbocycles. The van der Waals surface area contributed by atoms with Crippen LogP contribution in [0.2, 0.25) is 0 Å². The molecule has 0 spiro atoms. The van der Waals surface area contributed by atoms with Crippen LogP contribution in [-0.4, -0.2) is 25.0 Å². The number of allylic oxidation sites excluding steroid dienone is 2. The molecule has 0 fully saturated rings. The maximum Gasteiger partial charge on any atom is 0.317 e. The van der Waals surface area contributed by atoms with Gasteiger partial charge in [0.05, 0.1) is 13.2 Å². The quantitative estimate of drug-likeness (QED) is 0.556. The van der Waals surface area contributed by atoms with Gasteiger partial charge in [0.15, 0.2) is 5.78 Å². The first kappa shape index (κ1) is 18.4. The van der Waals surface area contributed by atoms with E-state index in [2.05, 4.69) is 0 Å². The predicted molar refractivity (Wildman–Crippen MR) is 102 cm³/mol. The Balaban J connectivity index is 2.05. The van der Waals surface area contributed by atoms with E-state index >= 15 is 0 Å². The van der Waals surface area contributed by atoms with E-state index in [4.69, 9.17) is 9.47 Å². The van der Waals surface area contributed by atoms with Crippen LogP contribution < -0.4 is 4.74 Å². The van der Waals surface area contributed by atoms with E-state index in [1.807, 2.05) is 48.0 Å². The van der Waals surface area contributed by atoms with Crippen molar-refractivity contribution in [2.45, 2.75) is 26.2 Å². The van der Waals surface area contributed by atoms with Gasteiger partial charge in [0.2, 0.25) is 0 Å². The molecule has 1 heterocycles. The molecule has 0 aliphatic heterocycles. The molecule has 0 saturated carbocycles. The molecule has 2 atom stereocenters. The van der Waals surface area contributed by atoms with E-state index in [0.717, 1.165) is 16.7 Å². The average Bonchev–Trinajstić information content (AvgIpc) is 3.16. The molecule has 1 aliphatic carbocycles. The fraction of sp³-hybridized carbons (Fsp3) is 0.333. The lowest BCUT2D eigenvalue weighted by molar-refractivity contribution is -0.151. The highest BCUT2D eigenvalue weighted by molar-refractivity contribution is 7.08. The summed E-state index contributed by atoms with van der Waals surface area (Å²) in [6.07, 6.45) is 2.19. The Bertz CT molecular complexity index is 807. The van der Waals surface area contributed by atoms with Gasteiger partial charge in [-0.25, -0.2) is 0 Å². The summed E-state index contributed by atoms with van der Waals surface area (Å²) in [5.41, 5.74) is 2.86. The van der Waals surface area contributed by atoms with Crippen LogP contribution in [0.25, 0.3) is 5.57 Å². The van der Waals surface area contributed by atoms with Gasteiger partial charge in [-0.2, -0.15) is 11.3 Å². The van der Waals surface area contributed by atoms with Gasteiger partial charge in [-0.15, -0.1) is 0 Å². The number of carbonyl (C=O) groups excluding carboxylic acids is 2. The molecule has 3 rings (SSSR count). The van der Waals surface area contributed by atoms with Gasteiger partial charge in [0.1, 0.15) is 11.7 Å². The third-order valence-electron chi connectivity index (χ3n) is 4.52. The van der Waals surface area contributed by atoms with Crippen LogP contribution in [0.3, 0.4) is 0 Å². The molecule has 0 radical (unpaired) electrons. The van der Waals surface area contributed by atoms with Gasteiger partial charge in [-0.05, 0) is 65.9 Å². The van der Waals surface area contributed by atoms with Crippen molar-refractivity contribution in [2.75, 3.05) is 13.2 Å². The van der Waals surface area contributed by atoms with Crippen LogP contribution in [0.4, 0.5) is 0 Å². The van der Waals surface area contributed by atoms with Gasteiger partial charge in [0.25, 0.3) is 0 Å². The zero-order valence-corrected chi connectivity index (χ0v) is 15.8. The minimum Gasteiger partial charge on any atom is -0.494 e. The summed E-state index contributed by atoms with van der Waals surface area (Å²) in [7, 11) is 0. The standard InChI is InChI=1S/C21H22O4S/c1-3-24-19-8-6-5-7-16(19)17-11-15(14-9-10-26-13-14)12-18(22)20(17)21(23)25-4-2/h5-10,12-13,17,20H,3-4,11H2,1-2H3. The molecule has 2 unspecified atom stereocenters. The number of hydrogen-bond donors (Lipinski definition) is 0. The molecule has 0 amide bonds. The second kappa shape index (κ2) is 8.32.